The maximum Gasteiger partial charge on any atom is 0.0558 e. The van der Waals surface area contributed by atoms with Gasteiger partial charge in [0.2, 0.25) is 0 Å². The van der Waals surface area contributed by atoms with E-state index in [1.54, 1.807) is 0 Å². The van der Waals surface area contributed by atoms with Crippen LogP contribution in [0.5, 0.6) is 0 Å². The molecule has 16 heavy (non-hydrogen) atoms. The van der Waals surface area contributed by atoms with Gasteiger partial charge < -0.3 is 10.4 Å². The largest absolute Gasteiger partial charge is 0.395 e. The van der Waals surface area contributed by atoms with Gasteiger partial charge >= 0.3 is 0 Å². The lowest BCUT2D eigenvalue weighted by atomic mass is 9.94. The summed E-state index contributed by atoms with van der Waals surface area (Å²) in [6.45, 7) is 9.14. The Kier molecular flexibility index (Phi) is 7.47. The van der Waals surface area contributed by atoms with Crippen LogP contribution in [0.2, 0.25) is 0 Å². The number of hydrogen-bond donors (Lipinski definition) is 2. The van der Waals surface area contributed by atoms with Gasteiger partial charge in [-0.3, -0.25) is 4.90 Å². The average Bonchev–Trinajstić information content (AvgIpc) is 2.31. The van der Waals surface area contributed by atoms with E-state index in [1.165, 1.54) is 38.8 Å². The number of nitrogens with one attached hydrogen (secondary N) is 1. The summed E-state index contributed by atoms with van der Waals surface area (Å²) in [5.41, 5.74) is 0. The highest BCUT2D eigenvalue weighted by Gasteiger charge is 2.12. The zero-order valence-corrected chi connectivity index (χ0v) is 10.3. The summed E-state index contributed by atoms with van der Waals surface area (Å²) in [7, 11) is 0. The quantitative estimate of drug-likeness (QED) is 0.611. The summed E-state index contributed by atoms with van der Waals surface area (Å²) in [4.78, 5) is 2.27. The van der Waals surface area contributed by atoms with Crippen LogP contribution in [0.1, 0.15) is 25.7 Å². The predicted molar refractivity (Wildman–Crippen MR) is 68.6 cm³/mol. The molecule has 1 saturated heterocycles. The first-order valence-electron chi connectivity index (χ1n) is 6.51. The number of nitrogens with zero attached hydrogens (tertiary/aromatic N) is 1. The predicted octanol–water partition coefficient (Wildman–Crippen LogP) is 1.25. The van der Waals surface area contributed by atoms with E-state index in [2.05, 4.69) is 16.8 Å². The molecule has 3 nitrogen and oxygen atoms in total. The van der Waals surface area contributed by atoms with Crippen LogP contribution in [-0.4, -0.2) is 49.3 Å². The van der Waals surface area contributed by atoms with Crippen molar-refractivity contribution in [1.82, 2.24) is 10.2 Å². The molecule has 1 aliphatic heterocycles. The Morgan fingerprint density at radius 3 is 2.94 bits per heavy atom. The Hall–Kier alpha value is -0.380. The van der Waals surface area contributed by atoms with E-state index >= 15 is 0 Å². The maximum atomic E-state index is 8.93. The van der Waals surface area contributed by atoms with Crippen molar-refractivity contribution in [2.75, 3.05) is 39.3 Å². The van der Waals surface area contributed by atoms with E-state index in [9.17, 15) is 0 Å². The fraction of sp³-hybridized carbons (Fsp3) is 0.846. The van der Waals surface area contributed by atoms with E-state index in [1.807, 2.05) is 6.08 Å². The van der Waals surface area contributed by atoms with E-state index < -0.39 is 0 Å². The molecule has 0 radical (unpaired) electrons. The van der Waals surface area contributed by atoms with Crippen molar-refractivity contribution in [3.05, 3.63) is 12.7 Å². The molecule has 1 fully saturated rings. The van der Waals surface area contributed by atoms with E-state index in [-0.39, 0.29) is 6.61 Å². The molecule has 0 amide bonds. The first-order chi connectivity index (χ1) is 7.86. The standard InChI is InChI=1S/C13H26N2O/c1-2-8-15(10-11-16)9-4-6-13-5-3-7-14-12-13/h2,13-14,16H,1,3-12H2. The molecule has 0 aromatic rings. The second-order valence-electron chi connectivity index (χ2n) is 4.67. The maximum absolute atomic E-state index is 8.93. The van der Waals surface area contributed by atoms with Gasteiger partial charge in [-0.1, -0.05) is 6.08 Å². The van der Waals surface area contributed by atoms with Crippen LogP contribution in [0.25, 0.3) is 0 Å². The fourth-order valence-corrected chi connectivity index (χ4v) is 2.39. The van der Waals surface area contributed by atoms with Gasteiger partial charge in [-0.25, -0.2) is 0 Å². The van der Waals surface area contributed by atoms with Crippen LogP contribution in [0, 0.1) is 5.92 Å². The fourth-order valence-electron chi connectivity index (χ4n) is 2.39. The molecular weight excluding hydrogens is 200 g/mol. The minimum absolute atomic E-state index is 0.249. The second kappa shape index (κ2) is 8.74. The molecule has 3 heteroatoms. The van der Waals surface area contributed by atoms with Crippen molar-refractivity contribution in [3.63, 3.8) is 0 Å². The number of rotatable bonds is 8. The van der Waals surface area contributed by atoms with Gasteiger partial charge in [0.05, 0.1) is 6.61 Å². The first-order valence-corrected chi connectivity index (χ1v) is 6.51. The summed E-state index contributed by atoms with van der Waals surface area (Å²) >= 11 is 0. The zero-order valence-electron chi connectivity index (χ0n) is 10.3. The molecule has 0 aliphatic carbocycles. The van der Waals surface area contributed by atoms with Crippen LogP contribution in [0.4, 0.5) is 0 Å². The molecular formula is C13H26N2O. The Morgan fingerprint density at radius 1 is 1.44 bits per heavy atom. The monoisotopic (exact) mass is 226 g/mol. The highest BCUT2D eigenvalue weighted by Crippen LogP contribution is 2.15. The first kappa shape index (κ1) is 13.7. The lowest BCUT2D eigenvalue weighted by Crippen LogP contribution is -2.31. The van der Waals surface area contributed by atoms with Crippen molar-refractivity contribution in [2.24, 2.45) is 5.92 Å². The molecule has 1 atom stereocenters. The van der Waals surface area contributed by atoms with Crippen molar-refractivity contribution in [2.45, 2.75) is 25.7 Å². The Morgan fingerprint density at radius 2 is 2.31 bits per heavy atom. The van der Waals surface area contributed by atoms with Crippen LogP contribution in [0.15, 0.2) is 12.7 Å². The number of piperidine rings is 1. The molecule has 1 rings (SSSR count). The van der Waals surface area contributed by atoms with Crippen molar-refractivity contribution >= 4 is 0 Å². The minimum atomic E-state index is 0.249. The van der Waals surface area contributed by atoms with Crippen LogP contribution >= 0.6 is 0 Å². The van der Waals surface area contributed by atoms with Crippen LogP contribution < -0.4 is 5.32 Å². The molecule has 2 N–H and O–H groups in total. The lowest BCUT2D eigenvalue weighted by molar-refractivity contribution is 0.201. The third kappa shape index (κ3) is 5.64. The summed E-state index contributed by atoms with van der Waals surface area (Å²) in [6, 6.07) is 0. The summed E-state index contributed by atoms with van der Waals surface area (Å²) in [6.07, 6.45) is 7.18. The van der Waals surface area contributed by atoms with Crippen molar-refractivity contribution in [1.29, 1.82) is 0 Å². The SMILES string of the molecule is C=CCN(CCO)CCCC1CCCNC1. The van der Waals surface area contributed by atoms with Gasteiger partial charge in [0.15, 0.2) is 0 Å². The lowest BCUT2D eigenvalue weighted by Gasteiger charge is -2.24. The topological polar surface area (TPSA) is 35.5 Å². The van der Waals surface area contributed by atoms with Gasteiger partial charge in [0.25, 0.3) is 0 Å². The van der Waals surface area contributed by atoms with E-state index in [4.69, 9.17) is 5.11 Å². The van der Waals surface area contributed by atoms with Crippen LogP contribution in [0.3, 0.4) is 0 Å². The number of hydrogen-bond acceptors (Lipinski definition) is 3. The molecule has 0 aromatic carbocycles. The Bertz CT molecular complexity index is 179. The Labute approximate surface area is 99.5 Å². The summed E-state index contributed by atoms with van der Waals surface area (Å²) in [5.74, 6) is 0.869. The zero-order chi connectivity index (χ0) is 11.6. The molecule has 94 valence electrons. The minimum Gasteiger partial charge on any atom is -0.395 e. The normalized spacial score (nSPS) is 21.2. The number of aliphatic hydroxyl groups is 1. The van der Waals surface area contributed by atoms with Gasteiger partial charge in [-0.05, 0) is 51.2 Å². The highest BCUT2D eigenvalue weighted by atomic mass is 16.3. The van der Waals surface area contributed by atoms with Crippen LogP contribution in [-0.2, 0) is 0 Å². The second-order valence-corrected chi connectivity index (χ2v) is 4.67. The average molecular weight is 226 g/mol. The third-order valence-electron chi connectivity index (χ3n) is 3.29. The molecule has 0 aromatic heterocycles. The smallest absolute Gasteiger partial charge is 0.0558 e. The third-order valence-corrected chi connectivity index (χ3v) is 3.29. The number of aliphatic hydroxyl groups excluding tert-OH is 1. The molecule has 1 aliphatic rings. The van der Waals surface area contributed by atoms with Crippen molar-refractivity contribution in [3.8, 4) is 0 Å². The van der Waals surface area contributed by atoms with Gasteiger partial charge in [0.1, 0.15) is 0 Å². The van der Waals surface area contributed by atoms with Gasteiger partial charge in [-0.2, -0.15) is 0 Å². The molecule has 0 saturated carbocycles. The van der Waals surface area contributed by atoms with Crippen molar-refractivity contribution < 1.29 is 5.11 Å². The molecule has 0 spiro atoms. The molecule has 1 unspecified atom stereocenters. The summed E-state index contributed by atoms with van der Waals surface area (Å²) < 4.78 is 0. The van der Waals surface area contributed by atoms with Gasteiger partial charge in [0, 0.05) is 13.1 Å². The highest BCUT2D eigenvalue weighted by molar-refractivity contribution is 4.74. The summed E-state index contributed by atoms with van der Waals surface area (Å²) in [5, 5.41) is 12.4. The van der Waals surface area contributed by atoms with Gasteiger partial charge in [-0.15, -0.1) is 6.58 Å². The molecule has 1 heterocycles. The van der Waals surface area contributed by atoms with E-state index in [0.29, 0.717) is 0 Å². The van der Waals surface area contributed by atoms with E-state index in [0.717, 1.165) is 25.6 Å². The molecule has 0 bridgehead atoms. The Balaban J connectivity index is 2.08.